The Bertz CT molecular complexity index is 575. The molecule has 0 radical (unpaired) electrons. The van der Waals surface area contributed by atoms with Crippen molar-refractivity contribution < 1.29 is 9.59 Å². The highest BCUT2D eigenvalue weighted by Crippen LogP contribution is 2.27. The van der Waals surface area contributed by atoms with E-state index in [0.29, 0.717) is 18.1 Å². The molecule has 1 aromatic rings. The molecule has 0 aromatic heterocycles. The van der Waals surface area contributed by atoms with Gasteiger partial charge < -0.3 is 9.80 Å². The average molecular weight is 307 g/mol. The third kappa shape index (κ3) is 2.64. The molecule has 2 unspecified atom stereocenters. The number of hydrogen-bond donors (Lipinski definition) is 0. The van der Waals surface area contributed by atoms with E-state index >= 15 is 0 Å². The van der Waals surface area contributed by atoms with Crippen LogP contribution >= 0.6 is 11.6 Å². The molecule has 0 spiro atoms. The first-order valence-electron chi connectivity index (χ1n) is 7.43. The van der Waals surface area contributed by atoms with E-state index in [4.69, 9.17) is 11.6 Å². The van der Waals surface area contributed by atoms with Crippen LogP contribution in [0.15, 0.2) is 24.3 Å². The molecule has 3 rings (SSSR count). The normalized spacial score (nSPS) is 26.0. The molecular formula is C16H19ClN2O2. The molecular weight excluding hydrogens is 288 g/mol. The summed E-state index contributed by atoms with van der Waals surface area (Å²) in [5.74, 6) is 0.142. The number of piperazine rings is 1. The summed E-state index contributed by atoms with van der Waals surface area (Å²) in [6, 6.07) is 6.79. The number of amides is 2. The van der Waals surface area contributed by atoms with Crippen LogP contribution in [0.2, 0.25) is 5.02 Å². The maximum atomic E-state index is 12.7. The minimum absolute atomic E-state index is 0.0707. The van der Waals surface area contributed by atoms with Crippen molar-refractivity contribution in [2.45, 2.75) is 44.8 Å². The Morgan fingerprint density at radius 2 is 2.05 bits per heavy atom. The summed E-state index contributed by atoms with van der Waals surface area (Å²) in [6.45, 7) is 2.97. The maximum Gasteiger partial charge on any atom is 0.246 e. The highest BCUT2D eigenvalue weighted by molar-refractivity contribution is 6.30. The van der Waals surface area contributed by atoms with Gasteiger partial charge in [0.15, 0.2) is 0 Å². The lowest BCUT2D eigenvalue weighted by atomic mass is 9.95. The van der Waals surface area contributed by atoms with Gasteiger partial charge in [-0.3, -0.25) is 9.59 Å². The fourth-order valence-corrected chi connectivity index (χ4v) is 3.47. The average Bonchev–Trinajstić information content (AvgIpc) is 2.49. The van der Waals surface area contributed by atoms with Crippen LogP contribution < -0.4 is 0 Å². The number of benzene rings is 1. The molecule has 2 fully saturated rings. The van der Waals surface area contributed by atoms with E-state index in [-0.39, 0.29) is 17.9 Å². The fraction of sp³-hybridized carbons (Fsp3) is 0.500. The molecule has 2 aliphatic heterocycles. The minimum Gasteiger partial charge on any atom is -0.329 e. The summed E-state index contributed by atoms with van der Waals surface area (Å²) >= 11 is 6.00. The number of carbonyl (C=O) groups excluding carboxylic acids is 2. The van der Waals surface area contributed by atoms with Crippen LogP contribution in [0.1, 0.15) is 31.7 Å². The molecule has 0 N–H and O–H groups in total. The molecule has 21 heavy (non-hydrogen) atoms. The second-order valence-corrected chi connectivity index (χ2v) is 6.25. The molecule has 4 nitrogen and oxygen atoms in total. The predicted molar refractivity (Wildman–Crippen MR) is 80.8 cm³/mol. The van der Waals surface area contributed by atoms with Crippen LogP contribution in [0.25, 0.3) is 0 Å². The van der Waals surface area contributed by atoms with Crippen LogP contribution in [0.3, 0.4) is 0 Å². The van der Waals surface area contributed by atoms with E-state index < -0.39 is 6.04 Å². The molecule has 2 aliphatic rings. The topological polar surface area (TPSA) is 40.6 Å². The molecule has 2 atom stereocenters. The Hall–Kier alpha value is -1.55. The molecule has 0 aliphatic carbocycles. The van der Waals surface area contributed by atoms with Gasteiger partial charge in [-0.25, -0.2) is 0 Å². The van der Waals surface area contributed by atoms with Gasteiger partial charge in [0.1, 0.15) is 12.1 Å². The first-order valence-corrected chi connectivity index (χ1v) is 7.81. The first-order chi connectivity index (χ1) is 10.1. The van der Waals surface area contributed by atoms with Crippen molar-refractivity contribution in [3.05, 3.63) is 34.9 Å². The van der Waals surface area contributed by atoms with Crippen LogP contribution in [0.4, 0.5) is 0 Å². The molecule has 5 heteroatoms. The summed E-state index contributed by atoms with van der Waals surface area (Å²) in [5.41, 5.74) is 0.958. The van der Waals surface area contributed by atoms with E-state index in [1.54, 1.807) is 15.9 Å². The lowest BCUT2D eigenvalue weighted by Crippen LogP contribution is -2.64. The number of piperidine rings is 1. The van der Waals surface area contributed by atoms with Gasteiger partial charge in [-0.2, -0.15) is 0 Å². The number of rotatable bonds is 2. The van der Waals surface area contributed by atoms with E-state index in [0.717, 1.165) is 24.8 Å². The monoisotopic (exact) mass is 306 g/mol. The summed E-state index contributed by atoms with van der Waals surface area (Å²) < 4.78 is 0. The highest BCUT2D eigenvalue weighted by atomic mass is 35.5. The lowest BCUT2D eigenvalue weighted by Gasteiger charge is -2.46. The Morgan fingerprint density at radius 3 is 2.81 bits per heavy atom. The van der Waals surface area contributed by atoms with Gasteiger partial charge in [0.05, 0.1) is 0 Å². The van der Waals surface area contributed by atoms with Crippen molar-refractivity contribution in [2.75, 3.05) is 6.54 Å². The van der Waals surface area contributed by atoms with E-state index in [1.165, 1.54) is 0 Å². The Balaban J connectivity index is 1.84. The van der Waals surface area contributed by atoms with E-state index in [2.05, 4.69) is 0 Å². The molecule has 0 saturated carbocycles. The Morgan fingerprint density at radius 1 is 1.24 bits per heavy atom. The first kappa shape index (κ1) is 14.4. The van der Waals surface area contributed by atoms with E-state index in [1.807, 2.05) is 25.1 Å². The zero-order valence-electron chi connectivity index (χ0n) is 12.1. The van der Waals surface area contributed by atoms with Gasteiger partial charge in [-0.05, 0) is 43.9 Å². The minimum atomic E-state index is -0.397. The second-order valence-electron chi connectivity index (χ2n) is 5.82. The summed E-state index contributed by atoms with van der Waals surface area (Å²) in [7, 11) is 0. The van der Waals surface area contributed by atoms with Crippen LogP contribution in [-0.4, -0.2) is 40.2 Å². The van der Waals surface area contributed by atoms with Crippen molar-refractivity contribution in [3.63, 3.8) is 0 Å². The molecule has 1 aromatic carbocycles. The number of carbonyl (C=O) groups is 2. The highest BCUT2D eigenvalue weighted by Gasteiger charge is 2.44. The zero-order valence-corrected chi connectivity index (χ0v) is 12.8. The van der Waals surface area contributed by atoms with Gasteiger partial charge in [0.2, 0.25) is 11.8 Å². The molecule has 112 valence electrons. The zero-order chi connectivity index (χ0) is 15.0. The fourth-order valence-electron chi connectivity index (χ4n) is 3.25. The van der Waals surface area contributed by atoms with Crippen LogP contribution in [0.5, 0.6) is 0 Å². The van der Waals surface area contributed by atoms with Crippen molar-refractivity contribution >= 4 is 23.4 Å². The van der Waals surface area contributed by atoms with Gasteiger partial charge in [-0.1, -0.05) is 23.7 Å². The molecule has 2 saturated heterocycles. The van der Waals surface area contributed by atoms with Crippen molar-refractivity contribution in [3.8, 4) is 0 Å². The maximum absolute atomic E-state index is 12.7. The third-order valence-electron chi connectivity index (χ3n) is 4.42. The summed E-state index contributed by atoms with van der Waals surface area (Å²) in [6.07, 6.45) is 2.79. The summed E-state index contributed by atoms with van der Waals surface area (Å²) in [5, 5.41) is 0.648. The quantitative estimate of drug-likeness (QED) is 0.842. The number of hydrogen-bond acceptors (Lipinski definition) is 2. The molecule has 2 amide bonds. The van der Waals surface area contributed by atoms with Crippen LogP contribution in [-0.2, 0) is 16.1 Å². The Labute approximate surface area is 129 Å². The number of nitrogens with zero attached hydrogens (tertiary/aromatic N) is 2. The van der Waals surface area contributed by atoms with Crippen LogP contribution in [0, 0.1) is 0 Å². The van der Waals surface area contributed by atoms with Crippen molar-refractivity contribution in [1.82, 2.24) is 9.80 Å². The smallest absolute Gasteiger partial charge is 0.246 e. The van der Waals surface area contributed by atoms with Gasteiger partial charge in [0.25, 0.3) is 0 Å². The molecule has 0 bridgehead atoms. The van der Waals surface area contributed by atoms with Gasteiger partial charge in [-0.15, -0.1) is 0 Å². The standard InChI is InChI=1S/C16H19ClN2O2/c1-11-15(20)18-8-3-2-7-14(18)16(21)19(11)10-12-5-4-6-13(17)9-12/h4-6,9,11,14H,2-3,7-8,10H2,1H3. The van der Waals surface area contributed by atoms with Gasteiger partial charge >= 0.3 is 0 Å². The second kappa shape index (κ2) is 5.68. The lowest BCUT2D eigenvalue weighted by molar-refractivity contribution is -0.163. The van der Waals surface area contributed by atoms with Crippen molar-refractivity contribution in [1.29, 1.82) is 0 Å². The third-order valence-corrected chi connectivity index (χ3v) is 4.66. The SMILES string of the molecule is CC1C(=O)N2CCCCC2C(=O)N1Cc1cccc(Cl)c1. The predicted octanol–water partition coefficient (Wildman–Crippen LogP) is 2.45. The van der Waals surface area contributed by atoms with Crippen molar-refractivity contribution in [2.24, 2.45) is 0 Å². The number of fused-ring (bicyclic) bond motifs is 1. The van der Waals surface area contributed by atoms with Gasteiger partial charge in [0, 0.05) is 18.1 Å². The largest absolute Gasteiger partial charge is 0.329 e. The number of halogens is 1. The Kier molecular flexibility index (Phi) is 3.89. The van der Waals surface area contributed by atoms with E-state index in [9.17, 15) is 9.59 Å². The molecule has 2 heterocycles. The summed E-state index contributed by atoms with van der Waals surface area (Å²) in [4.78, 5) is 28.6.